The molecule has 6 aromatic carbocycles. The molecule has 0 aliphatic rings. The first kappa shape index (κ1) is 39.6. The van der Waals surface area contributed by atoms with Gasteiger partial charge in [0.2, 0.25) is 11.6 Å². The number of nitrogens with two attached hydrogens (primary N) is 2. The second kappa shape index (κ2) is 20.0. The van der Waals surface area contributed by atoms with E-state index in [9.17, 15) is 14.7 Å². The number of nitrogens with zero attached hydrogens (tertiary/aromatic N) is 2. The average Bonchev–Trinajstić information content (AvgIpc) is 3.17. The Labute approximate surface area is 303 Å². The third-order valence-electron chi connectivity index (χ3n) is 7.09. The van der Waals surface area contributed by atoms with Crippen molar-refractivity contribution in [3.63, 3.8) is 0 Å². The van der Waals surface area contributed by atoms with Gasteiger partial charge in [-0.05, 0) is 31.2 Å². The van der Waals surface area contributed by atoms with Crippen LogP contribution < -0.4 is 11.5 Å². The smallest absolute Gasteiger partial charge is 0.233 e. The summed E-state index contributed by atoms with van der Waals surface area (Å²) in [7, 11) is 0. The minimum Gasteiger partial charge on any atom is -0.508 e. The summed E-state index contributed by atoms with van der Waals surface area (Å²) in [6.45, 7) is 1.93. The molecule has 7 aromatic rings. The Morgan fingerprint density at radius 3 is 1.29 bits per heavy atom. The van der Waals surface area contributed by atoms with Crippen molar-refractivity contribution in [3.05, 3.63) is 169 Å². The maximum atomic E-state index is 11.8. The van der Waals surface area contributed by atoms with Crippen molar-refractivity contribution >= 4 is 34.0 Å². The number of phenolic OH excluding ortho intramolecular Hbond substituents is 2. The predicted molar refractivity (Wildman–Crippen MR) is 210 cm³/mol. The van der Waals surface area contributed by atoms with Gasteiger partial charge in [0.1, 0.15) is 11.5 Å². The summed E-state index contributed by atoms with van der Waals surface area (Å²) in [5.41, 5.74) is 17.6. The molecule has 0 saturated carbocycles. The number of benzene rings is 6. The molecule has 0 atom stereocenters. The van der Waals surface area contributed by atoms with Crippen molar-refractivity contribution in [1.29, 1.82) is 0 Å². The second-order valence-electron chi connectivity index (χ2n) is 10.8. The highest BCUT2D eigenvalue weighted by Gasteiger charge is 2.17. The van der Waals surface area contributed by atoms with E-state index in [0.717, 1.165) is 28.0 Å². The second-order valence-corrected chi connectivity index (χ2v) is 10.8. The molecule has 0 radical (unpaired) electrons. The fourth-order valence-corrected chi connectivity index (χ4v) is 4.64. The van der Waals surface area contributed by atoms with Crippen LogP contribution in [-0.4, -0.2) is 43.5 Å². The monoisotopic (exact) mass is 694 g/mol. The van der Waals surface area contributed by atoms with Crippen LogP contribution in [0.2, 0.25) is 0 Å². The van der Waals surface area contributed by atoms with Crippen LogP contribution in [0.1, 0.15) is 35.1 Å². The lowest BCUT2D eigenvalue weighted by molar-refractivity contribution is 0.0817. The number of carbonyl (C=O) groups excluding carboxylic acids is 2. The van der Waals surface area contributed by atoms with E-state index in [1.807, 2.05) is 72.8 Å². The van der Waals surface area contributed by atoms with E-state index in [0.29, 0.717) is 28.0 Å². The Kier molecular flexibility index (Phi) is 15.2. The van der Waals surface area contributed by atoms with Gasteiger partial charge in [0.05, 0.1) is 33.8 Å². The Hall–Kier alpha value is -6.84. The van der Waals surface area contributed by atoms with E-state index in [-0.39, 0.29) is 25.5 Å². The van der Waals surface area contributed by atoms with E-state index in [1.54, 1.807) is 79.7 Å². The van der Waals surface area contributed by atoms with Gasteiger partial charge in [-0.15, -0.1) is 0 Å². The molecule has 0 saturated heterocycles. The van der Waals surface area contributed by atoms with Crippen LogP contribution >= 0.6 is 0 Å². The zero-order valence-electron chi connectivity index (χ0n) is 27.9. The quantitative estimate of drug-likeness (QED) is 0.0512. The van der Waals surface area contributed by atoms with Gasteiger partial charge in [-0.2, -0.15) is 0 Å². The van der Waals surface area contributed by atoms with Crippen molar-refractivity contribution in [2.24, 2.45) is 0 Å². The first-order valence-electron chi connectivity index (χ1n) is 16.0. The number of hydrogen-bond acceptors (Lipinski definition) is 9. The summed E-state index contributed by atoms with van der Waals surface area (Å²) >= 11 is 0. The number of phenols is 2. The molecule has 0 fully saturated rings. The van der Waals surface area contributed by atoms with Crippen molar-refractivity contribution < 1.29 is 24.9 Å². The molecule has 52 heavy (non-hydrogen) atoms. The van der Waals surface area contributed by atoms with Crippen molar-refractivity contribution in [2.45, 2.75) is 14.4 Å². The van der Waals surface area contributed by atoms with Crippen LogP contribution in [0.15, 0.2) is 158 Å². The highest BCUT2D eigenvalue weighted by molar-refractivity contribution is 6.49. The Bertz CT molecular complexity index is 2110. The molecule has 1 aromatic heterocycles. The maximum absolute atomic E-state index is 11.8. The molecule has 0 aliphatic carbocycles. The highest BCUT2D eigenvalue weighted by atomic mass is 16.3. The van der Waals surface area contributed by atoms with Crippen LogP contribution in [0.5, 0.6) is 11.5 Å². The van der Waals surface area contributed by atoms with Gasteiger partial charge in [0, 0.05) is 41.0 Å². The summed E-state index contributed by atoms with van der Waals surface area (Å²) in [5.74, 6) is -0.599. The van der Waals surface area contributed by atoms with Crippen molar-refractivity contribution in [2.75, 3.05) is 18.1 Å². The number of ketones is 2. The minimum absolute atomic E-state index is 0. The SMILES string of the molecule is C.CCO.Nc1ccc(O)cc1N.O=C(C(=O)c1ccccc1)c1ccccc1.Oc1ccc2nc(-c3ccccc3)c(-c3ccccc3)nc2c1. The third kappa shape index (κ3) is 11.1. The molecular weight excluding hydrogens is 652 g/mol. The lowest BCUT2D eigenvalue weighted by Gasteiger charge is -2.10. The molecular formula is C43H42N4O5. The molecule has 1 heterocycles. The number of fused-ring (bicyclic) bond motifs is 1. The summed E-state index contributed by atoms with van der Waals surface area (Å²) in [6.07, 6.45) is 0. The van der Waals surface area contributed by atoms with Crippen LogP contribution in [0.4, 0.5) is 11.4 Å². The number of carbonyl (C=O) groups is 2. The summed E-state index contributed by atoms with van der Waals surface area (Å²) in [4.78, 5) is 33.1. The number of aromatic hydroxyl groups is 2. The molecule has 7 N–H and O–H groups in total. The number of anilines is 2. The number of aliphatic hydroxyl groups excluding tert-OH is 1. The van der Waals surface area contributed by atoms with Gasteiger partial charge >= 0.3 is 0 Å². The fraction of sp³-hybridized carbons (Fsp3) is 0.0698. The first-order valence-corrected chi connectivity index (χ1v) is 16.0. The molecule has 0 spiro atoms. The molecule has 264 valence electrons. The number of aliphatic hydroxyl groups is 1. The third-order valence-corrected chi connectivity index (χ3v) is 7.09. The van der Waals surface area contributed by atoms with Gasteiger partial charge in [0.15, 0.2) is 0 Å². The fourth-order valence-electron chi connectivity index (χ4n) is 4.64. The van der Waals surface area contributed by atoms with Crippen LogP contribution in [0.3, 0.4) is 0 Å². The normalized spacial score (nSPS) is 9.73. The largest absolute Gasteiger partial charge is 0.508 e. The van der Waals surface area contributed by atoms with Gasteiger partial charge in [-0.1, -0.05) is 129 Å². The molecule has 9 nitrogen and oxygen atoms in total. The number of nitrogen functional groups attached to an aromatic ring is 2. The molecule has 9 heteroatoms. The maximum Gasteiger partial charge on any atom is 0.233 e. The van der Waals surface area contributed by atoms with Crippen LogP contribution in [-0.2, 0) is 0 Å². The van der Waals surface area contributed by atoms with Crippen molar-refractivity contribution in [3.8, 4) is 34.0 Å². The number of hydrogen-bond donors (Lipinski definition) is 5. The van der Waals surface area contributed by atoms with Gasteiger partial charge in [0.25, 0.3) is 0 Å². The predicted octanol–water partition coefficient (Wildman–Crippen LogP) is 8.61. The molecule has 0 unspecified atom stereocenters. The molecule has 0 aliphatic heterocycles. The highest BCUT2D eigenvalue weighted by Crippen LogP contribution is 2.31. The molecule has 0 amide bonds. The Balaban J connectivity index is 0.000000219. The first-order chi connectivity index (χ1) is 24.7. The van der Waals surface area contributed by atoms with Crippen LogP contribution in [0, 0.1) is 0 Å². The standard InChI is InChI=1S/C20H14N2O.C14H10O2.C6H8N2O.C2H6O.CH4/c23-16-11-12-17-18(13-16)22-20(15-9-5-2-6-10-15)19(21-17)14-7-3-1-4-8-14;15-13(11-7-3-1-4-8-11)14(16)12-9-5-2-6-10-12;7-5-2-1-4(9)3-6(5)8;1-2-3;/h1-13,23H;1-10H;1-3,9H,7-8H2;3H,2H2,1H3;1H4. The van der Waals surface area contributed by atoms with Gasteiger partial charge in [-0.3, -0.25) is 9.59 Å². The summed E-state index contributed by atoms with van der Waals surface area (Å²) in [6, 6.07) is 46.7. The zero-order chi connectivity index (χ0) is 36.6. The summed E-state index contributed by atoms with van der Waals surface area (Å²) in [5, 5.41) is 26.1. The lowest BCUT2D eigenvalue weighted by atomic mass is 10.0. The Morgan fingerprint density at radius 2 is 0.885 bits per heavy atom. The molecule has 7 rings (SSSR count). The minimum atomic E-state index is -0.466. The number of aromatic nitrogens is 2. The van der Waals surface area contributed by atoms with Crippen LogP contribution in [0.25, 0.3) is 33.5 Å². The van der Waals surface area contributed by atoms with E-state index in [4.69, 9.17) is 31.6 Å². The van der Waals surface area contributed by atoms with E-state index < -0.39 is 11.6 Å². The van der Waals surface area contributed by atoms with Gasteiger partial charge in [-0.25, -0.2) is 9.97 Å². The topological polar surface area (TPSA) is 173 Å². The Morgan fingerprint density at radius 1 is 0.519 bits per heavy atom. The number of Topliss-reactive ketones (excluding diaryl/α,β-unsaturated/α-hetero) is 2. The summed E-state index contributed by atoms with van der Waals surface area (Å²) < 4.78 is 0. The van der Waals surface area contributed by atoms with E-state index in [2.05, 4.69) is 0 Å². The van der Waals surface area contributed by atoms with Crippen molar-refractivity contribution in [1.82, 2.24) is 9.97 Å². The van der Waals surface area contributed by atoms with E-state index >= 15 is 0 Å². The molecule has 0 bridgehead atoms. The number of rotatable bonds is 5. The van der Waals surface area contributed by atoms with Gasteiger partial charge < -0.3 is 26.8 Å². The average molecular weight is 695 g/mol. The van der Waals surface area contributed by atoms with E-state index in [1.165, 1.54) is 12.1 Å². The lowest BCUT2D eigenvalue weighted by Crippen LogP contribution is -2.14. The zero-order valence-corrected chi connectivity index (χ0v) is 27.9.